The van der Waals surface area contributed by atoms with Crippen molar-refractivity contribution in [2.24, 2.45) is 11.8 Å². The SMILES string of the molecule is CC(C)(C)OC(=O)N1CC2CCC(C1)C2Nc1nc2c(-c3ccc(C(F)(F)F)cc3)ccc(C(F)(F)F)n2n1. The number of nitrogens with zero attached hydrogens (tertiary/aromatic N) is 4. The largest absolute Gasteiger partial charge is 0.444 e. The van der Waals surface area contributed by atoms with Crippen LogP contribution >= 0.6 is 0 Å². The highest BCUT2D eigenvalue weighted by molar-refractivity contribution is 5.78. The van der Waals surface area contributed by atoms with Gasteiger partial charge >= 0.3 is 18.4 Å². The number of rotatable bonds is 3. The molecule has 210 valence electrons. The van der Waals surface area contributed by atoms with Crippen LogP contribution in [0.15, 0.2) is 36.4 Å². The molecule has 2 bridgehead atoms. The van der Waals surface area contributed by atoms with Crippen molar-refractivity contribution in [3.05, 3.63) is 47.7 Å². The summed E-state index contributed by atoms with van der Waals surface area (Å²) in [5.74, 6) is 0.0335. The number of anilines is 1. The summed E-state index contributed by atoms with van der Waals surface area (Å²) in [6.07, 6.45) is -8.04. The van der Waals surface area contributed by atoms with Crippen LogP contribution in [0.2, 0.25) is 0 Å². The molecule has 1 amide bonds. The number of ether oxygens (including phenoxy) is 1. The molecule has 39 heavy (non-hydrogen) atoms. The van der Waals surface area contributed by atoms with E-state index in [9.17, 15) is 31.1 Å². The zero-order valence-electron chi connectivity index (χ0n) is 21.4. The highest BCUT2D eigenvalue weighted by Gasteiger charge is 2.45. The van der Waals surface area contributed by atoms with E-state index in [1.807, 2.05) is 0 Å². The first-order chi connectivity index (χ1) is 18.1. The van der Waals surface area contributed by atoms with E-state index in [-0.39, 0.29) is 40.6 Å². The van der Waals surface area contributed by atoms with E-state index < -0.39 is 35.3 Å². The Kier molecular flexibility index (Phi) is 6.46. The molecule has 2 atom stereocenters. The van der Waals surface area contributed by atoms with Crippen LogP contribution < -0.4 is 5.32 Å². The van der Waals surface area contributed by atoms with Crippen LogP contribution in [0, 0.1) is 11.8 Å². The fourth-order valence-corrected chi connectivity index (χ4v) is 5.38. The minimum Gasteiger partial charge on any atom is -0.444 e. The van der Waals surface area contributed by atoms with Gasteiger partial charge in [0.05, 0.1) is 5.56 Å². The predicted molar refractivity (Wildman–Crippen MR) is 130 cm³/mol. The van der Waals surface area contributed by atoms with E-state index in [4.69, 9.17) is 4.74 Å². The second kappa shape index (κ2) is 9.30. The average Bonchev–Trinajstić information content (AvgIpc) is 3.32. The Balaban J connectivity index is 1.44. The zero-order valence-corrected chi connectivity index (χ0v) is 21.4. The molecule has 3 aromatic rings. The lowest BCUT2D eigenvalue weighted by Gasteiger charge is -2.38. The number of fused-ring (bicyclic) bond motifs is 3. The first kappa shape index (κ1) is 27.1. The van der Waals surface area contributed by atoms with E-state index in [1.165, 1.54) is 18.2 Å². The summed E-state index contributed by atoms with van der Waals surface area (Å²) < 4.78 is 86.6. The summed E-state index contributed by atoms with van der Waals surface area (Å²) in [6, 6.07) is 5.98. The molecule has 5 rings (SSSR count). The Labute approximate surface area is 220 Å². The molecule has 0 radical (unpaired) electrons. The minimum absolute atomic E-state index is 0.0209. The van der Waals surface area contributed by atoms with E-state index >= 15 is 0 Å². The van der Waals surface area contributed by atoms with Gasteiger partial charge in [0, 0.05) is 24.7 Å². The first-order valence-corrected chi connectivity index (χ1v) is 12.5. The topological polar surface area (TPSA) is 71.8 Å². The minimum atomic E-state index is -4.74. The number of pyridine rings is 1. The molecule has 1 aromatic carbocycles. The number of benzene rings is 1. The maximum Gasteiger partial charge on any atom is 0.433 e. The van der Waals surface area contributed by atoms with Crippen molar-refractivity contribution >= 4 is 17.7 Å². The molecule has 7 nitrogen and oxygen atoms in total. The van der Waals surface area contributed by atoms with Crippen LogP contribution in [-0.2, 0) is 17.1 Å². The van der Waals surface area contributed by atoms with Gasteiger partial charge < -0.3 is 15.0 Å². The van der Waals surface area contributed by atoms with Crippen LogP contribution in [-0.4, -0.2) is 50.3 Å². The number of alkyl halides is 6. The van der Waals surface area contributed by atoms with Crippen LogP contribution in [0.25, 0.3) is 16.8 Å². The van der Waals surface area contributed by atoms with Gasteiger partial charge in [-0.1, -0.05) is 12.1 Å². The number of piperidine rings is 1. The van der Waals surface area contributed by atoms with Crippen molar-refractivity contribution in [2.75, 3.05) is 18.4 Å². The number of hydrogen-bond acceptors (Lipinski definition) is 5. The van der Waals surface area contributed by atoms with Gasteiger partial charge in [0.25, 0.3) is 0 Å². The molecular weight excluding hydrogens is 528 g/mol. The van der Waals surface area contributed by atoms with Crippen molar-refractivity contribution < 1.29 is 35.9 Å². The van der Waals surface area contributed by atoms with E-state index in [0.29, 0.717) is 17.6 Å². The van der Waals surface area contributed by atoms with E-state index in [1.54, 1.807) is 25.7 Å². The molecule has 1 aliphatic heterocycles. The summed E-state index contributed by atoms with van der Waals surface area (Å²) in [5.41, 5.74) is -2.22. The molecular formula is C26H27F6N5O2. The standard InChI is InChI=1S/C26H27F6N5O2/c1-24(2,3)39-23(38)36-12-15-4-5-16(13-36)20(15)33-22-34-21-18(10-11-19(26(30,31)32)37(21)35-22)14-6-8-17(9-7-14)25(27,28)29/h6-11,15-16,20H,4-5,12-13H2,1-3H3,(H,33,35). The van der Waals surface area contributed by atoms with Gasteiger partial charge in [0.1, 0.15) is 11.3 Å². The number of likely N-dealkylation sites (tertiary alicyclic amines) is 1. The monoisotopic (exact) mass is 555 g/mol. The van der Waals surface area contributed by atoms with Crippen molar-refractivity contribution in [3.63, 3.8) is 0 Å². The summed E-state index contributed by atoms with van der Waals surface area (Å²) in [6.45, 7) is 6.23. The van der Waals surface area contributed by atoms with E-state index in [2.05, 4.69) is 15.4 Å². The van der Waals surface area contributed by atoms with Gasteiger partial charge in [-0.25, -0.2) is 9.31 Å². The number of halogens is 6. The first-order valence-electron chi connectivity index (χ1n) is 12.5. The summed E-state index contributed by atoms with van der Waals surface area (Å²) in [5, 5.41) is 7.29. The zero-order chi connectivity index (χ0) is 28.3. The molecule has 1 saturated carbocycles. The molecule has 1 saturated heterocycles. The van der Waals surface area contributed by atoms with Crippen molar-refractivity contribution in [2.45, 2.75) is 57.6 Å². The Morgan fingerprint density at radius 2 is 1.54 bits per heavy atom. The molecule has 1 N–H and O–H groups in total. The highest BCUT2D eigenvalue weighted by Crippen LogP contribution is 2.40. The Morgan fingerprint density at radius 1 is 0.923 bits per heavy atom. The van der Waals surface area contributed by atoms with E-state index in [0.717, 1.165) is 31.0 Å². The molecule has 13 heteroatoms. The van der Waals surface area contributed by atoms with Crippen LogP contribution in [0.4, 0.5) is 37.1 Å². The third-order valence-corrected chi connectivity index (χ3v) is 7.08. The lowest BCUT2D eigenvalue weighted by Crippen LogP contribution is -2.51. The maximum atomic E-state index is 13.8. The Morgan fingerprint density at radius 3 is 2.08 bits per heavy atom. The van der Waals surface area contributed by atoms with Gasteiger partial charge in [0.15, 0.2) is 5.65 Å². The van der Waals surface area contributed by atoms with Crippen LogP contribution in [0.5, 0.6) is 0 Å². The predicted octanol–water partition coefficient (Wildman–Crippen LogP) is 6.49. The van der Waals surface area contributed by atoms with Gasteiger partial charge in [-0.3, -0.25) is 0 Å². The number of hydrogen-bond donors (Lipinski definition) is 1. The van der Waals surface area contributed by atoms with Gasteiger partial charge in [0.2, 0.25) is 5.95 Å². The summed E-state index contributed by atoms with van der Waals surface area (Å²) in [7, 11) is 0. The number of nitrogens with one attached hydrogen (secondary N) is 1. The fourth-order valence-electron chi connectivity index (χ4n) is 5.38. The molecule has 0 spiro atoms. The average molecular weight is 556 g/mol. The summed E-state index contributed by atoms with van der Waals surface area (Å²) >= 11 is 0. The third kappa shape index (κ3) is 5.48. The van der Waals surface area contributed by atoms with Crippen LogP contribution in [0.3, 0.4) is 0 Å². The van der Waals surface area contributed by atoms with Gasteiger partial charge in [-0.05, 0) is 75.3 Å². The molecule has 2 fully saturated rings. The van der Waals surface area contributed by atoms with Crippen LogP contribution in [0.1, 0.15) is 44.9 Å². The highest BCUT2D eigenvalue weighted by atomic mass is 19.4. The number of amides is 1. The van der Waals surface area contributed by atoms with Crippen molar-refractivity contribution in [1.29, 1.82) is 0 Å². The second-order valence-electron chi connectivity index (χ2n) is 11.0. The summed E-state index contributed by atoms with van der Waals surface area (Å²) in [4.78, 5) is 18.6. The lowest BCUT2D eigenvalue weighted by atomic mass is 9.92. The maximum absolute atomic E-state index is 13.8. The molecule has 1 aliphatic carbocycles. The van der Waals surface area contributed by atoms with Crippen molar-refractivity contribution in [1.82, 2.24) is 19.5 Å². The Bertz CT molecular complexity index is 1360. The molecule has 2 aliphatic rings. The number of carbonyl (C=O) groups excluding carboxylic acids is 1. The lowest BCUT2D eigenvalue weighted by molar-refractivity contribution is -0.142. The fraction of sp³-hybridized carbons (Fsp3) is 0.500. The van der Waals surface area contributed by atoms with Gasteiger partial charge in [-0.15, -0.1) is 5.10 Å². The molecule has 2 unspecified atom stereocenters. The van der Waals surface area contributed by atoms with Crippen molar-refractivity contribution in [3.8, 4) is 11.1 Å². The number of aromatic nitrogens is 3. The smallest absolute Gasteiger partial charge is 0.433 e. The number of carbonyl (C=O) groups is 1. The Hall–Kier alpha value is -3.51. The molecule has 2 aromatic heterocycles. The third-order valence-electron chi connectivity index (χ3n) is 7.08. The quantitative estimate of drug-likeness (QED) is 0.374. The molecule has 3 heterocycles. The second-order valence-corrected chi connectivity index (χ2v) is 11.0. The normalized spacial score (nSPS) is 21.9. The van der Waals surface area contributed by atoms with Gasteiger partial charge in [-0.2, -0.15) is 31.3 Å².